The number of carbonyl (C=O) groups excluding carboxylic acids is 1. The summed E-state index contributed by atoms with van der Waals surface area (Å²) < 4.78 is 2.37. The molecule has 3 saturated heterocycles. The molecule has 112 valence electrons. The minimum Gasteiger partial charge on any atom is -0.346 e. The minimum atomic E-state index is 0.103. The topological polar surface area (TPSA) is 25.2 Å². The number of benzene rings is 1. The molecule has 3 heteroatoms. The van der Waals surface area contributed by atoms with E-state index in [2.05, 4.69) is 53.8 Å². The number of para-hydroxylation sites is 1. The zero-order chi connectivity index (χ0) is 15.0. The van der Waals surface area contributed by atoms with E-state index in [1.165, 1.54) is 27.7 Å². The summed E-state index contributed by atoms with van der Waals surface area (Å²) in [5, 5.41) is 1.34. The van der Waals surface area contributed by atoms with Crippen LogP contribution in [0.1, 0.15) is 30.6 Å². The van der Waals surface area contributed by atoms with Gasteiger partial charge < -0.3 is 4.57 Å². The molecule has 1 aromatic heterocycles. The summed E-state index contributed by atoms with van der Waals surface area (Å²) in [4.78, 5) is 15.3. The first-order valence-corrected chi connectivity index (χ1v) is 8.21. The highest BCUT2D eigenvalue weighted by atomic mass is 16.1. The summed E-state index contributed by atoms with van der Waals surface area (Å²) in [5.41, 5.74) is 5.50. The van der Waals surface area contributed by atoms with Gasteiger partial charge in [0.1, 0.15) is 0 Å². The molecule has 3 nitrogen and oxygen atoms in total. The fourth-order valence-electron chi connectivity index (χ4n) is 5.07. The van der Waals surface area contributed by atoms with Crippen LogP contribution in [-0.4, -0.2) is 27.8 Å². The van der Waals surface area contributed by atoms with Crippen LogP contribution >= 0.6 is 0 Å². The summed E-state index contributed by atoms with van der Waals surface area (Å²) >= 11 is 0. The van der Waals surface area contributed by atoms with Gasteiger partial charge in [0, 0.05) is 36.1 Å². The molecule has 6 rings (SSSR count). The van der Waals surface area contributed by atoms with Gasteiger partial charge >= 0.3 is 0 Å². The quantitative estimate of drug-likeness (QED) is 0.697. The van der Waals surface area contributed by atoms with Crippen LogP contribution in [0.4, 0.5) is 0 Å². The van der Waals surface area contributed by atoms with E-state index in [1.54, 1.807) is 0 Å². The molecule has 1 aromatic carbocycles. The van der Waals surface area contributed by atoms with Gasteiger partial charge in [0.05, 0.1) is 12.1 Å². The molecular weight excluding hydrogens is 272 g/mol. The molecule has 4 aliphatic heterocycles. The fraction of sp³-hybridized carbons (Fsp3) is 0.421. The summed E-state index contributed by atoms with van der Waals surface area (Å²) in [6, 6.07) is 9.15. The molecule has 2 aromatic rings. The minimum absolute atomic E-state index is 0.103. The average Bonchev–Trinajstić information content (AvgIpc) is 2.84. The Morgan fingerprint density at radius 1 is 1.23 bits per heavy atom. The second-order valence-electron chi connectivity index (χ2n) is 6.90. The van der Waals surface area contributed by atoms with E-state index in [0.717, 1.165) is 19.4 Å². The number of nitrogens with zero attached hydrogens (tertiary/aromatic N) is 2. The number of hydrogen-bond acceptors (Lipinski definition) is 2. The van der Waals surface area contributed by atoms with Crippen molar-refractivity contribution in [2.24, 2.45) is 13.0 Å². The number of fused-ring (bicyclic) bond motifs is 4. The van der Waals surface area contributed by atoms with Crippen molar-refractivity contribution < 1.29 is 4.79 Å². The molecule has 0 aliphatic carbocycles. The van der Waals surface area contributed by atoms with Crippen molar-refractivity contribution in [2.75, 3.05) is 6.54 Å². The maximum atomic E-state index is 12.8. The van der Waals surface area contributed by atoms with Crippen LogP contribution in [0.25, 0.3) is 10.9 Å². The van der Waals surface area contributed by atoms with Crippen molar-refractivity contribution in [1.82, 2.24) is 9.47 Å². The van der Waals surface area contributed by atoms with Crippen LogP contribution in [0.5, 0.6) is 0 Å². The van der Waals surface area contributed by atoms with Gasteiger partial charge in [-0.15, -0.1) is 0 Å². The molecular formula is C19H20N2O. The number of Topliss-reactive ketones (excluding diaryl/α,β-unsaturated/α-hetero) is 1. The van der Waals surface area contributed by atoms with Crippen molar-refractivity contribution in [3.05, 3.63) is 47.2 Å². The Balaban J connectivity index is 1.76. The lowest BCUT2D eigenvalue weighted by molar-refractivity contribution is -0.137. The van der Waals surface area contributed by atoms with Gasteiger partial charge in [0.15, 0.2) is 5.78 Å². The molecule has 0 radical (unpaired) electrons. The summed E-state index contributed by atoms with van der Waals surface area (Å²) in [6.07, 6.45) is 4.01. The first-order chi connectivity index (χ1) is 10.7. The van der Waals surface area contributed by atoms with Crippen molar-refractivity contribution >= 4 is 16.7 Å². The summed E-state index contributed by atoms with van der Waals surface area (Å²) in [7, 11) is 2.18. The van der Waals surface area contributed by atoms with Gasteiger partial charge in [-0.05, 0) is 37.0 Å². The van der Waals surface area contributed by atoms with Gasteiger partial charge in [-0.1, -0.05) is 24.3 Å². The lowest BCUT2D eigenvalue weighted by Crippen LogP contribution is -2.60. The van der Waals surface area contributed by atoms with Crippen molar-refractivity contribution in [1.29, 1.82) is 0 Å². The van der Waals surface area contributed by atoms with Crippen molar-refractivity contribution in [3.63, 3.8) is 0 Å². The number of allylic oxidation sites excluding steroid dienone is 1. The lowest BCUT2D eigenvalue weighted by Gasteiger charge is -2.53. The molecule has 0 saturated carbocycles. The van der Waals surface area contributed by atoms with E-state index in [9.17, 15) is 4.79 Å². The van der Waals surface area contributed by atoms with Crippen LogP contribution in [0.2, 0.25) is 0 Å². The number of carbonyl (C=O) groups is 1. The third-order valence-corrected chi connectivity index (χ3v) is 6.09. The SMILES string of the molecule is C/C=C1/CN2[C@@H]3Cc4c(n(C)c5ccccc45)[C@H]2C[C@H]1C3=O. The molecule has 22 heavy (non-hydrogen) atoms. The molecule has 1 unspecified atom stereocenters. The number of rotatable bonds is 0. The first kappa shape index (κ1) is 12.7. The summed E-state index contributed by atoms with van der Waals surface area (Å²) in [5.74, 6) is 0.616. The number of hydrogen-bond donors (Lipinski definition) is 0. The van der Waals surface area contributed by atoms with E-state index in [-0.39, 0.29) is 12.0 Å². The Kier molecular flexibility index (Phi) is 2.36. The number of aromatic nitrogens is 1. The van der Waals surface area contributed by atoms with E-state index >= 15 is 0 Å². The van der Waals surface area contributed by atoms with E-state index in [1.807, 2.05) is 0 Å². The Labute approximate surface area is 130 Å². The maximum Gasteiger partial charge on any atom is 0.157 e. The lowest BCUT2D eigenvalue weighted by atomic mass is 9.69. The predicted octanol–water partition coefficient (Wildman–Crippen LogP) is 3.00. The van der Waals surface area contributed by atoms with Crippen LogP contribution < -0.4 is 0 Å². The zero-order valence-electron chi connectivity index (χ0n) is 13.0. The van der Waals surface area contributed by atoms with Crippen LogP contribution in [0, 0.1) is 5.92 Å². The smallest absolute Gasteiger partial charge is 0.157 e. The van der Waals surface area contributed by atoms with Gasteiger partial charge in [-0.25, -0.2) is 0 Å². The Bertz CT molecular complexity index is 844. The molecule has 0 spiro atoms. The third kappa shape index (κ3) is 1.33. The monoisotopic (exact) mass is 292 g/mol. The first-order valence-electron chi connectivity index (χ1n) is 8.21. The summed E-state index contributed by atoms with van der Waals surface area (Å²) in [6.45, 7) is 3.05. The van der Waals surface area contributed by atoms with Gasteiger partial charge in [0.2, 0.25) is 0 Å². The predicted molar refractivity (Wildman–Crippen MR) is 86.7 cm³/mol. The van der Waals surface area contributed by atoms with Gasteiger partial charge in [-0.2, -0.15) is 0 Å². The standard InChI is InChI=1S/C19H20N2O/c1-3-11-10-21-16-8-13(11)19(22)17(21)9-14-12-6-4-5-7-15(12)20(2)18(14)16/h3-7,13,16-17H,8-10H2,1-2H3/b11-3-/t13-,16-,17-/m1/s1. The second-order valence-corrected chi connectivity index (χ2v) is 6.90. The molecule has 3 fully saturated rings. The van der Waals surface area contributed by atoms with Crippen LogP contribution in [0.15, 0.2) is 35.9 Å². The Morgan fingerprint density at radius 3 is 2.86 bits per heavy atom. The number of piperidine rings is 3. The highest BCUT2D eigenvalue weighted by Crippen LogP contribution is 2.50. The van der Waals surface area contributed by atoms with E-state index < -0.39 is 0 Å². The van der Waals surface area contributed by atoms with Crippen molar-refractivity contribution in [3.8, 4) is 0 Å². The molecule has 4 bridgehead atoms. The second kappa shape index (κ2) is 4.11. The average molecular weight is 292 g/mol. The highest BCUT2D eigenvalue weighted by Gasteiger charge is 2.52. The van der Waals surface area contributed by atoms with E-state index in [0.29, 0.717) is 11.8 Å². The molecule has 4 atom stereocenters. The number of aryl methyl sites for hydroxylation is 1. The maximum absolute atomic E-state index is 12.8. The van der Waals surface area contributed by atoms with Gasteiger partial charge in [-0.3, -0.25) is 9.69 Å². The normalized spacial score (nSPS) is 34.5. The zero-order valence-corrected chi connectivity index (χ0v) is 13.0. The highest BCUT2D eigenvalue weighted by molar-refractivity contribution is 5.94. The molecule has 5 heterocycles. The van der Waals surface area contributed by atoms with E-state index in [4.69, 9.17) is 0 Å². The fourth-order valence-corrected chi connectivity index (χ4v) is 5.07. The molecule has 0 N–H and O–H groups in total. The Hall–Kier alpha value is -1.87. The molecule has 0 amide bonds. The third-order valence-electron chi connectivity index (χ3n) is 6.09. The van der Waals surface area contributed by atoms with Gasteiger partial charge in [0.25, 0.3) is 0 Å². The number of ketones is 1. The largest absolute Gasteiger partial charge is 0.346 e. The molecule has 4 aliphatic rings. The van der Waals surface area contributed by atoms with Crippen LogP contribution in [0.3, 0.4) is 0 Å². The van der Waals surface area contributed by atoms with Crippen molar-refractivity contribution in [2.45, 2.75) is 31.8 Å². The van der Waals surface area contributed by atoms with Crippen LogP contribution in [-0.2, 0) is 18.3 Å². The Morgan fingerprint density at radius 2 is 2.05 bits per heavy atom.